The molecule has 1 aromatic carbocycles. The van der Waals surface area contributed by atoms with Crippen molar-refractivity contribution in [2.45, 2.75) is 46.6 Å². The average Bonchev–Trinajstić information content (AvgIpc) is 2.89. The Morgan fingerprint density at radius 3 is 2.52 bits per heavy atom. The van der Waals surface area contributed by atoms with Crippen molar-refractivity contribution in [1.29, 1.82) is 0 Å². The summed E-state index contributed by atoms with van der Waals surface area (Å²) in [6, 6.07) is 4.28. The van der Waals surface area contributed by atoms with E-state index in [0.29, 0.717) is 24.1 Å². The number of nitrogens with zero attached hydrogens (tertiary/aromatic N) is 2. The number of benzene rings is 1. The van der Waals surface area contributed by atoms with Crippen LogP contribution in [0.1, 0.15) is 60.7 Å². The number of hydrogen-bond acceptors (Lipinski definition) is 4. The molecule has 1 amide bonds. The first kappa shape index (κ1) is 18.6. The SMILES string of the molecule is CCCc1c(C(N)=O)nn(-c2ccc(OC(C)C)c(F)c2)c1C(C)=O. The average molecular weight is 347 g/mol. The summed E-state index contributed by atoms with van der Waals surface area (Å²) in [4.78, 5) is 23.8. The van der Waals surface area contributed by atoms with Crippen molar-refractivity contribution < 1.29 is 18.7 Å². The smallest absolute Gasteiger partial charge is 0.269 e. The minimum atomic E-state index is -0.718. The summed E-state index contributed by atoms with van der Waals surface area (Å²) in [5.41, 5.74) is 6.49. The zero-order valence-corrected chi connectivity index (χ0v) is 14.8. The predicted octanol–water partition coefficient (Wildman–Crippen LogP) is 3.05. The zero-order valence-electron chi connectivity index (χ0n) is 14.8. The number of amides is 1. The Labute approximate surface area is 145 Å². The number of carbonyl (C=O) groups excluding carboxylic acids is 2. The van der Waals surface area contributed by atoms with Gasteiger partial charge < -0.3 is 10.5 Å². The second-order valence-electron chi connectivity index (χ2n) is 6.04. The number of hydrogen-bond donors (Lipinski definition) is 1. The highest BCUT2D eigenvalue weighted by Crippen LogP contribution is 2.25. The van der Waals surface area contributed by atoms with Crippen LogP contribution in [0.5, 0.6) is 5.75 Å². The van der Waals surface area contributed by atoms with Crippen molar-refractivity contribution in [3.63, 3.8) is 0 Å². The summed E-state index contributed by atoms with van der Waals surface area (Å²) in [6.45, 7) is 6.89. The number of carbonyl (C=O) groups is 2. The van der Waals surface area contributed by atoms with Crippen LogP contribution < -0.4 is 10.5 Å². The highest BCUT2D eigenvalue weighted by Gasteiger charge is 2.24. The lowest BCUT2D eigenvalue weighted by atomic mass is 10.0. The summed E-state index contributed by atoms with van der Waals surface area (Å²) in [5, 5.41) is 4.17. The van der Waals surface area contributed by atoms with Gasteiger partial charge in [0.1, 0.15) is 5.69 Å². The van der Waals surface area contributed by atoms with Crippen LogP contribution in [-0.2, 0) is 6.42 Å². The number of rotatable bonds is 7. The molecule has 0 unspecified atom stereocenters. The molecule has 134 valence electrons. The first-order chi connectivity index (χ1) is 11.8. The Kier molecular flexibility index (Phi) is 5.56. The van der Waals surface area contributed by atoms with Gasteiger partial charge in [0.25, 0.3) is 5.91 Å². The van der Waals surface area contributed by atoms with Gasteiger partial charge in [0, 0.05) is 18.6 Å². The Balaban J connectivity index is 2.62. The van der Waals surface area contributed by atoms with Crippen LogP contribution in [0.25, 0.3) is 5.69 Å². The molecular formula is C18H22FN3O3. The Morgan fingerprint density at radius 1 is 1.36 bits per heavy atom. The van der Waals surface area contributed by atoms with Crippen LogP contribution in [0, 0.1) is 5.82 Å². The maximum Gasteiger partial charge on any atom is 0.269 e. The number of nitrogens with two attached hydrogens (primary N) is 1. The molecule has 0 saturated carbocycles. The molecule has 1 heterocycles. The van der Waals surface area contributed by atoms with Gasteiger partial charge >= 0.3 is 0 Å². The van der Waals surface area contributed by atoms with Gasteiger partial charge in [-0.05, 0) is 32.4 Å². The first-order valence-electron chi connectivity index (χ1n) is 8.15. The first-order valence-corrected chi connectivity index (χ1v) is 8.15. The highest BCUT2D eigenvalue weighted by molar-refractivity contribution is 6.00. The van der Waals surface area contributed by atoms with E-state index in [1.807, 2.05) is 6.92 Å². The van der Waals surface area contributed by atoms with Gasteiger partial charge in [-0.25, -0.2) is 9.07 Å². The number of ether oxygens (including phenoxy) is 1. The third-order valence-electron chi connectivity index (χ3n) is 3.57. The van der Waals surface area contributed by atoms with Crippen molar-refractivity contribution in [2.24, 2.45) is 5.73 Å². The molecule has 0 aliphatic carbocycles. The van der Waals surface area contributed by atoms with Crippen LogP contribution >= 0.6 is 0 Å². The molecule has 6 nitrogen and oxygen atoms in total. The lowest BCUT2D eigenvalue weighted by molar-refractivity contribution is 0.0991. The van der Waals surface area contributed by atoms with Gasteiger partial charge in [0.2, 0.25) is 0 Å². The maximum absolute atomic E-state index is 14.3. The van der Waals surface area contributed by atoms with Crippen LogP contribution in [0.3, 0.4) is 0 Å². The quantitative estimate of drug-likeness (QED) is 0.780. The van der Waals surface area contributed by atoms with E-state index in [1.54, 1.807) is 19.9 Å². The van der Waals surface area contributed by atoms with E-state index in [0.717, 1.165) is 0 Å². The monoisotopic (exact) mass is 347 g/mol. The number of primary amides is 1. The fraction of sp³-hybridized carbons (Fsp3) is 0.389. The molecular weight excluding hydrogens is 325 g/mol. The fourth-order valence-electron chi connectivity index (χ4n) is 2.65. The maximum atomic E-state index is 14.3. The Bertz CT molecular complexity index is 812. The standard InChI is InChI=1S/C18H22FN3O3/c1-5-6-13-16(18(20)24)21-22(17(13)11(4)23)12-7-8-15(14(19)9-12)25-10(2)3/h7-10H,5-6H2,1-4H3,(H2,20,24). The number of halogens is 1. The van der Waals surface area contributed by atoms with Gasteiger partial charge in [-0.1, -0.05) is 13.3 Å². The zero-order chi connectivity index (χ0) is 18.7. The number of Topliss-reactive ketones (excluding diaryl/α,β-unsaturated/α-hetero) is 1. The third-order valence-corrected chi connectivity index (χ3v) is 3.57. The minimum absolute atomic E-state index is 0.0370. The molecule has 0 fully saturated rings. The van der Waals surface area contributed by atoms with E-state index in [1.165, 1.54) is 23.7 Å². The van der Waals surface area contributed by atoms with Crippen LogP contribution in [0.15, 0.2) is 18.2 Å². The number of ketones is 1. The largest absolute Gasteiger partial charge is 0.488 e. The molecule has 0 saturated heterocycles. The third kappa shape index (κ3) is 3.87. The second-order valence-corrected chi connectivity index (χ2v) is 6.04. The fourth-order valence-corrected chi connectivity index (χ4v) is 2.65. The molecule has 1 aromatic heterocycles. The molecule has 0 aliphatic rings. The molecule has 2 rings (SSSR count). The van der Waals surface area contributed by atoms with Gasteiger partial charge in [-0.2, -0.15) is 5.10 Å². The summed E-state index contributed by atoms with van der Waals surface area (Å²) >= 11 is 0. The molecule has 25 heavy (non-hydrogen) atoms. The van der Waals surface area contributed by atoms with Crippen LogP contribution in [0.4, 0.5) is 4.39 Å². The molecule has 0 radical (unpaired) electrons. The van der Waals surface area contributed by atoms with Gasteiger partial charge in [-0.15, -0.1) is 0 Å². The summed E-state index contributed by atoms with van der Waals surface area (Å²) in [5.74, 6) is -1.45. The van der Waals surface area contributed by atoms with E-state index in [2.05, 4.69) is 5.10 Å². The molecule has 0 atom stereocenters. The van der Waals surface area contributed by atoms with E-state index < -0.39 is 11.7 Å². The van der Waals surface area contributed by atoms with Gasteiger partial charge in [-0.3, -0.25) is 9.59 Å². The van der Waals surface area contributed by atoms with Gasteiger partial charge in [0.15, 0.2) is 23.0 Å². The van der Waals surface area contributed by atoms with E-state index in [9.17, 15) is 14.0 Å². The molecule has 0 spiro atoms. The molecule has 7 heteroatoms. The van der Waals surface area contributed by atoms with E-state index in [4.69, 9.17) is 10.5 Å². The van der Waals surface area contributed by atoms with Crippen molar-refractivity contribution in [3.05, 3.63) is 41.0 Å². The van der Waals surface area contributed by atoms with E-state index >= 15 is 0 Å². The van der Waals surface area contributed by atoms with Crippen molar-refractivity contribution >= 4 is 11.7 Å². The van der Waals surface area contributed by atoms with Crippen molar-refractivity contribution in [3.8, 4) is 11.4 Å². The Hall–Kier alpha value is -2.70. The second kappa shape index (κ2) is 7.46. The van der Waals surface area contributed by atoms with Crippen molar-refractivity contribution in [2.75, 3.05) is 0 Å². The predicted molar refractivity (Wildman–Crippen MR) is 91.8 cm³/mol. The summed E-state index contributed by atoms with van der Waals surface area (Å²) in [6.07, 6.45) is 1.02. The minimum Gasteiger partial charge on any atom is -0.488 e. The molecule has 2 N–H and O–H groups in total. The van der Waals surface area contributed by atoms with Crippen LogP contribution in [-0.4, -0.2) is 27.6 Å². The van der Waals surface area contributed by atoms with E-state index in [-0.39, 0.29) is 29.0 Å². The van der Waals surface area contributed by atoms with Crippen molar-refractivity contribution in [1.82, 2.24) is 9.78 Å². The summed E-state index contributed by atoms with van der Waals surface area (Å²) < 4.78 is 20.9. The molecule has 0 aliphatic heterocycles. The normalized spacial score (nSPS) is 11.0. The van der Waals surface area contributed by atoms with Crippen LogP contribution in [0.2, 0.25) is 0 Å². The lowest BCUT2D eigenvalue weighted by Crippen LogP contribution is -2.14. The summed E-state index contributed by atoms with van der Waals surface area (Å²) in [7, 11) is 0. The number of aromatic nitrogens is 2. The Morgan fingerprint density at radius 2 is 2.04 bits per heavy atom. The molecule has 2 aromatic rings. The lowest BCUT2D eigenvalue weighted by Gasteiger charge is -2.12. The van der Waals surface area contributed by atoms with Gasteiger partial charge in [0.05, 0.1) is 11.8 Å². The topological polar surface area (TPSA) is 87.2 Å². The highest BCUT2D eigenvalue weighted by atomic mass is 19.1. The molecule has 0 bridgehead atoms.